The van der Waals surface area contributed by atoms with Gasteiger partial charge in [0.05, 0.1) is 0 Å². The minimum atomic E-state index is -0.991. The van der Waals surface area contributed by atoms with Crippen molar-refractivity contribution in [2.45, 2.75) is 38.9 Å². The van der Waals surface area contributed by atoms with Crippen molar-refractivity contribution in [3.63, 3.8) is 0 Å². The van der Waals surface area contributed by atoms with Gasteiger partial charge in [0.2, 0.25) is 0 Å². The quantitative estimate of drug-likeness (QED) is 0.582. The molecule has 0 bridgehead atoms. The third-order valence-electron chi connectivity index (χ3n) is 4.27. The fourth-order valence-electron chi connectivity index (χ4n) is 2.76. The van der Waals surface area contributed by atoms with Crippen molar-refractivity contribution in [3.05, 3.63) is 64.7 Å². The zero-order valence-electron chi connectivity index (χ0n) is 16.6. The van der Waals surface area contributed by atoms with Crippen LogP contribution in [0.3, 0.4) is 0 Å². The van der Waals surface area contributed by atoms with E-state index >= 15 is 0 Å². The molecule has 0 heterocycles. The number of carbonyl (C=O) groups is 2. The highest BCUT2D eigenvalue weighted by Gasteiger charge is 2.18. The molecular formula is C22H26ClNO5. The van der Waals surface area contributed by atoms with Crippen molar-refractivity contribution in [1.29, 1.82) is 0 Å². The Morgan fingerprint density at radius 1 is 1.14 bits per heavy atom. The Balaban J connectivity index is 1.80. The van der Waals surface area contributed by atoms with Crippen LogP contribution in [-0.2, 0) is 27.2 Å². The molecule has 6 nitrogen and oxygen atoms in total. The summed E-state index contributed by atoms with van der Waals surface area (Å²) in [6, 6.07) is 14.5. The number of carboxylic acids is 1. The predicted molar refractivity (Wildman–Crippen MR) is 111 cm³/mol. The number of halogens is 1. The van der Waals surface area contributed by atoms with Gasteiger partial charge >= 0.3 is 5.97 Å². The highest BCUT2D eigenvalue weighted by atomic mass is 35.5. The van der Waals surface area contributed by atoms with Crippen molar-refractivity contribution in [2.24, 2.45) is 0 Å². The fourth-order valence-corrected chi connectivity index (χ4v) is 2.97. The van der Waals surface area contributed by atoms with Crippen LogP contribution in [0.1, 0.15) is 25.0 Å². The molecule has 0 aromatic heterocycles. The van der Waals surface area contributed by atoms with Gasteiger partial charge in [-0.2, -0.15) is 0 Å². The van der Waals surface area contributed by atoms with Crippen LogP contribution in [0.25, 0.3) is 0 Å². The monoisotopic (exact) mass is 419 g/mol. The molecular weight excluding hydrogens is 394 g/mol. The number of carbonyl (C=O) groups excluding carboxylic acids is 1. The molecule has 29 heavy (non-hydrogen) atoms. The summed E-state index contributed by atoms with van der Waals surface area (Å²) in [5, 5.41) is 12.7. The highest BCUT2D eigenvalue weighted by molar-refractivity contribution is 6.30. The lowest BCUT2D eigenvalue weighted by atomic mass is 10.1. The number of nitrogens with one attached hydrogen (secondary N) is 1. The molecule has 1 amide bonds. The average Bonchev–Trinajstić information content (AvgIpc) is 2.69. The summed E-state index contributed by atoms with van der Waals surface area (Å²) < 4.78 is 10.9. The first-order valence-electron chi connectivity index (χ1n) is 9.51. The second kappa shape index (κ2) is 11.4. The van der Waals surface area contributed by atoms with Gasteiger partial charge in [0.25, 0.3) is 5.91 Å². The molecule has 2 aromatic rings. The normalized spacial score (nSPS) is 12.8. The van der Waals surface area contributed by atoms with Gasteiger partial charge in [-0.05, 0) is 55.7 Å². The number of ether oxygens (including phenoxy) is 2. The molecule has 0 aliphatic carbocycles. The molecule has 0 aliphatic heterocycles. The molecule has 0 radical (unpaired) electrons. The van der Waals surface area contributed by atoms with Gasteiger partial charge in [0.15, 0.2) is 12.2 Å². The lowest BCUT2D eigenvalue weighted by Crippen LogP contribution is -2.37. The molecule has 0 fully saturated rings. The van der Waals surface area contributed by atoms with Crippen LogP contribution in [0.5, 0.6) is 5.75 Å². The van der Waals surface area contributed by atoms with Gasteiger partial charge in [-0.25, -0.2) is 4.79 Å². The van der Waals surface area contributed by atoms with Gasteiger partial charge in [-0.3, -0.25) is 4.79 Å². The number of aliphatic carboxylic acids is 1. The van der Waals surface area contributed by atoms with Crippen LogP contribution in [0.4, 0.5) is 0 Å². The van der Waals surface area contributed by atoms with Crippen LogP contribution >= 0.6 is 11.6 Å². The molecule has 0 saturated heterocycles. The van der Waals surface area contributed by atoms with Crippen LogP contribution in [0.2, 0.25) is 5.02 Å². The highest BCUT2D eigenvalue weighted by Crippen LogP contribution is 2.16. The first-order valence-corrected chi connectivity index (χ1v) is 9.89. The Bertz CT molecular complexity index is 809. The number of amides is 1. The van der Waals surface area contributed by atoms with Gasteiger partial charge in [0.1, 0.15) is 5.75 Å². The second-order valence-corrected chi connectivity index (χ2v) is 7.00. The standard InChI is InChI=1S/C22H26ClNO5/c1-3-28-20(22(26)27)14-17-7-9-19(10-8-17)29-15(2)21(25)24-12-11-16-5-4-6-18(23)13-16/h4-10,13,15,20H,3,11-12,14H2,1-2H3,(H,24,25)(H,26,27). The van der Waals surface area contributed by atoms with Gasteiger partial charge in [-0.15, -0.1) is 0 Å². The summed E-state index contributed by atoms with van der Waals surface area (Å²) in [7, 11) is 0. The first-order chi connectivity index (χ1) is 13.9. The van der Waals surface area contributed by atoms with Crippen molar-refractivity contribution < 1.29 is 24.2 Å². The topological polar surface area (TPSA) is 84.9 Å². The molecule has 0 spiro atoms. The minimum Gasteiger partial charge on any atom is -0.481 e. The Kier molecular flexibility index (Phi) is 8.96. The lowest BCUT2D eigenvalue weighted by Gasteiger charge is -2.16. The number of carboxylic acid groups (broad SMARTS) is 1. The van der Waals surface area contributed by atoms with E-state index in [2.05, 4.69) is 5.32 Å². The van der Waals surface area contributed by atoms with Crippen LogP contribution in [0, 0.1) is 0 Å². The van der Waals surface area contributed by atoms with E-state index in [1.807, 2.05) is 24.3 Å². The fraction of sp³-hybridized carbons (Fsp3) is 0.364. The van der Waals surface area contributed by atoms with E-state index in [1.165, 1.54) is 0 Å². The molecule has 2 aromatic carbocycles. The summed E-state index contributed by atoms with van der Waals surface area (Å²) in [5.74, 6) is -0.664. The maximum absolute atomic E-state index is 12.2. The summed E-state index contributed by atoms with van der Waals surface area (Å²) in [4.78, 5) is 23.4. The van der Waals surface area contributed by atoms with E-state index in [9.17, 15) is 9.59 Å². The Morgan fingerprint density at radius 2 is 1.86 bits per heavy atom. The zero-order valence-corrected chi connectivity index (χ0v) is 17.3. The van der Waals surface area contributed by atoms with E-state index < -0.39 is 18.2 Å². The Hall–Kier alpha value is -2.57. The maximum Gasteiger partial charge on any atom is 0.333 e. The largest absolute Gasteiger partial charge is 0.481 e. The van der Waals surface area contributed by atoms with E-state index in [1.54, 1.807) is 38.1 Å². The van der Waals surface area contributed by atoms with E-state index in [0.29, 0.717) is 30.3 Å². The number of benzene rings is 2. The molecule has 2 unspecified atom stereocenters. The molecule has 0 aliphatic rings. The second-order valence-electron chi connectivity index (χ2n) is 6.56. The smallest absolute Gasteiger partial charge is 0.333 e. The molecule has 2 N–H and O–H groups in total. The maximum atomic E-state index is 12.2. The average molecular weight is 420 g/mol. The van der Waals surface area contributed by atoms with Crippen LogP contribution in [-0.4, -0.2) is 42.3 Å². The van der Waals surface area contributed by atoms with Gasteiger partial charge in [-0.1, -0.05) is 35.9 Å². The van der Waals surface area contributed by atoms with Crippen LogP contribution < -0.4 is 10.1 Å². The van der Waals surface area contributed by atoms with Crippen molar-refractivity contribution in [2.75, 3.05) is 13.2 Å². The SMILES string of the molecule is CCOC(Cc1ccc(OC(C)C(=O)NCCc2cccc(Cl)c2)cc1)C(=O)O. The van der Waals surface area contributed by atoms with E-state index in [0.717, 1.165) is 11.1 Å². The van der Waals surface area contributed by atoms with E-state index in [-0.39, 0.29) is 12.3 Å². The number of rotatable bonds is 11. The summed E-state index contributed by atoms with van der Waals surface area (Å²) in [6.45, 7) is 4.26. The Labute approximate surface area is 175 Å². The third-order valence-corrected chi connectivity index (χ3v) is 4.51. The van der Waals surface area contributed by atoms with Crippen molar-refractivity contribution >= 4 is 23.5 Å². The summed E-state index contributed by atoms with van der Waals surface area (Å²) in [6.07, 6.45) is -0.590. The molecule has 0 saturated carbocycles. The third kappa shape index (κ3) is 7.75. The summed E-state index contributed by atoms with van der Waals surface area (Å²) >= 11 is 5.95. The van der Waals surface area contributed by atoms with Gasteiger partial charge < -0.3 is 19.9 Å². The van der Waals surface area contributed by atoms with Crippen molar-refractivity contribution in [3.8, 4) is 5.75 Å². The molecule has 2 rings (SSSR count). The first kappa shape index (κ1) is 22.7. The van der Waals surface area contributed by atoms with E-state index in [4.69, 9.17) is 26.2 Å². The number of hydrogen-bond acceptors (Lipinski definition) is 4. The number of hydrogen-bond donors (Lipinski definition) is 2. The Morgan fingerprint density at radius 3 is 2.48 bits per heavy atom. The molecule has 2 atom stereocenters. The zero-order chi connectivity index (χ0) is 21.2. The van der Waals surface area contributed by atoms with Crippen molar-refractivity contribution in [1.82, 2.24) is 5.32 Å². The lowest BCUT2D eigenvalue weighted by molar-refractivity contribution is -0.150. The molecule has 156 valence electrons. The van der Waals surface area contributed by atoms with Crippen LogP contribution in [0.15, 0.2) is 48.5 Å². The predicted octanol–water partition coefficient (Wildman–Crippen LogP) is 3.50. The minimum absolute atomic E-state index is 0.210. The molecule has 7 heteroatoms. The summed E-state index contributed by atoms with van der Waals surface area (Å²) in [5.41, 5.74) is 1.87. The van der Waals surface area contributed by atoms with Gasteiger partial charge in [0, 0.05) is 24.6 Å².